The normalized spacial score (nSPS) is 10.5. The highest BCUT2D eigenvalue weighted by atomic mass is 16.5. The fourth-order valence-corrected chi connectivity index (χ4v) is 1.04. The van der Waals surface area contributed by atoms with Gasteiger partial charge in [-0.15, -0.1) is 5.10 Å². The average Bonchev–Trinajstić information content (AvgIpc) is 2.62. The summed E-state index contributed by atoms with van der Waals surface area (Å²) in [6.45, 7) is 2.37. The summed E-state index contributed by atoms with van der Waals surface area (Å²) in [7, 11) is 0. The Kier molecular flexibility index (Phi) is 1.73. The number of aromatic nitrogens is 4. The molecular formula is C7H9N5O. The molecular weight excluding hydrogens is 170 g/mol. The smallest absolute Gasteiger partial charge is 0.165 e. The van der Waals surface area contributed by atoms with Crippen LogP contribution in [0.1, 0.15) is 11.5 Å². The molecule has 6 nitrogen and oxygen atoms in total. The van der Waals surface area contributed by atoms with Gasteiger partial charge in [-0.3, -0.25) is 0 Å². The standard InChI is InChI=1S/C7H9N5O/c1-5-2-6(13-10-5)3-12-4-7(8)9-11-12/h2,4H,3,8H2,1H3. The molecule has 0 aromatic carbocycles. The van der Waals surface area contributed by atoms with Crippen LogP contribution < -0.4 is 5.73 Å². The van der Waals surface area contributed by atoms with Crippen molar-refractivity contribution in [3.05, 3.63) is 23.7 Å². The molecule has 0 aliphatic heterocycles. The van der Waals surface area contributed by atoms with Gasteiger partial charge in [-0.25, -0.2) is 4.68 Å². The minimum atomic E-state index is 0.399. The summed E-state index contributed by atoms with van der Waals surface area (Å²) in [6.07, 6.45) is 1.64. The lowest BCUT2D eigenvalue weighted by Crippen LogP contribution is -1.98. The SMILES string of the molecule is Cc1cc(Cn2cc(N)nn2)on1. The largest absolute Gasteiger partial charge is 0.381 e. The number of hydrogen-bond donors (Lipinski definition) is 1. The Hall–Kier alpha value is -1.85. The molecule has 2 rings (SSSR count). The fraction of sp³-hybridized carbons (Fsp3) is 0.286. The van der Waals surface area contributed by atoms with E-state index in [0.717, 1.165) is 11.5 Å². The number of nitrogens with zero attached hydrogens (tertiary/aromatic N) is 4. The monoisotopic (exact) mass is 179 g/mol. The molecule has 13 heavy (non-hydrogen) atoms. The minimum Gasteiger partial charge on any atom is -0.381 e. The summed E-state index contributed by atoms with van der Waals surface area (Å²) < 4.78 is 6.59. The molecule has 0 bridgehead atoms. The lowest BCUT2D eigenvalue weighted by molar-refractivity contribution is 0.367. The first-order valence-electron chi connectivity index (χ1n) is 3.82. The quantitative estimate of drug-likeness (QED) is 0.712. The maximum Gasteiger partial charge on any atom is 0.165 e. The zero-order valence-corrected chi connectivity index (χ0v) is 7.14. The third-order valence-electron chi connectivity index (χ3n) is 1.55. The predicted octanol–water partition coefficient (Wildman–Crippen LogP) is 0.205. The lowest BCUT2D eigenvalue weighted by Gasteiger charge is -1.92. The molecule has 2 aromatic rings. The molecule has 2 N–H and O–H groups in total. The van der Waals surface area contributed by atoms with Gasteiger partial charge in [0.25, 0.3) is 0 Å². The van der Waals surface area contributed by atoms with Crippen LogP contribution in [-0.2, 0) is 6.54 Å². The molecule has 0 spiro atoms. The van der Waals surface area contributed by atoms with Gasteiger partial charge in [-0.1, -0.05) is 10.4 Å². The van der Waals surface area contributed by atoms with Crippen molar-refractivity contribution in [2.45, 2.75) is 13.5 Å². The predicted molar refractivity (Wildman–Crippen MR) is 44.8 cm³/mol. The van der Waals surface area contributed by atoms with Gasteiger partial charge in [0.15, 0.2) is 11.6 Å². The zero-order valence-electron chi connectivity index (χ0n) is 7.14. The highest BCUT2D eigenvalue weighted by Crippen LogP contribution is 2.04. The molecule has 0 saturated carbocycles. The summed E-state index contributed by atoms with van der Waals surface area (Å²) in [5.41, 5.74) is 6.25. The Morgan fingerprint density at radius 2 is 2.46 bits per heavy atom. The molecule has 0 fully saturated rings. The summed E-state index contributed by atoms with van der Waals surface area (Å²) >= 11 is 0. The molecule has 0 aliphatic carbocycles. The van der Waals surface area contributed by atoms with Gasteiger partial charge in [-0.05, 0) is 6.92 Å². The minimum absolute atomic E-state index is 0.399. The van der Waals surface area contributed by atoms with Gasteiger partial charge in [0.05, 0.1) is 11.9 Å². The topological polar surface area (TPSA) is 82.8 Å². The van der Waals surface area contributed by atoms with E-state index < -0.39 is 0 Å². The average molecular weight is 179 g/mol. The zero-order chi connectivity index (χ0) is 9.26. The Bertz CT molecular complexity index is 366. The first kappa shape index (κ1) is 7.78. The van der Waals surface area contributed by atoms with Gasteiger partial charge >= 0.3 is 0 Å². The number of aryl methyl sites for hydroxylation is 1. The molecule has 2 aromatic heterocycles. The summed E-state index contributed by atoms with van der Waals surface area (Å²) in [6, 6.07) is 1.85. The van der Waals surface area contributed by atoms with Gasteiger partial charge in [-0.2, -0.15) is 0 Å². The van der Waals surface area contributed by atoms with Crippen LogP contribution in [0.25, 0.3) is 0 Å². The third kappa shape index (κ3) is 1.66. The molecule has 6 heteroatoms. The van der Waals surface area contributed by atoms with E-state index in [1.807, 2.05) is 13.0 Å². The second-order valence-electron chi connectivity index (χ2n) is 2.78. The molecule has 0 radical (unpaired) electrons. The van der Waals surface area contributed by atoms with Crippen molar-refractivity contribution >= 4 is 5.82 Å². The van der Waals surface area contributed by atoms with Crippen molar-refractivity contribution in [2.24, 2.45) is 0 Å². The van der Waals surface area contributed by atoms with Crippen molar-refractivity contribution in [2.75, 3.05) is 5.73 Å². The first-order chi connectivity index (χ1) is 6.24. The summed E-state index contributed by atoms with van der Waals surface area (Å²) in [5.74, 6) is 1.14. The molecule has 0 amide bonds. The van der Waals surface area contributed by atoms with Crippen molar-refractivity contribution < 1.29 is 4.52 Å². The van der Waals surface area contributed by atoms with Crippen LogP contribution in [0.5, 0.6) is 0 Å². The van der Waals surface area contributed by atoms with Gasteiger partial charge in [0, 0.05) is 6.07 Å². The van der Waals surface area contributed by atoms with Crippen molar-refractivity contribution in [3.63, 3.8) is 0 Å². The second kappa shape index (κ2) is 2.89. The Balaban J connectivity index is 2.14. The Morgan fingerprint density at radius 3 is 3.00 bits per heavy atom. The van der Waals surface area contributed by atoms with Crippen LogP contribution in [-0.4, -0.2) is 20.2 Å². The Labute approximate surface area is 74.3 Å². The van der Waals surface area contributed by atoms with Crippen molar-refractivity contribution in [3.8, 4) is 0 Å². The van der Waals surface area contributed by atoms with E-state index in [1.54, 1.807) is 10.9 Å². The van der Waals surface area contributed by atoms with Gasteiger partial charge in [0.1, 0.15) is 6.54 Å². The summed E-state index contributed by atoms with van der Waals surface area (Å²) in [4.78, 5) is 0. The van der Waals surface area contributed by atoms with Crippen molar-refractivity contribution in [1.82, 2.24) is 20.2 Å². The second-order valence-corrected chi connectivity index (χ2v) is 2.78. The number of nitrogens with two attached hydrogens (primary N) is 1. The maximum absolute atomic E-state index is 5.40. The highest BCUT2D eigenvalue weighted by Gasteiger charge is 2.02. The van der Waals surface area contributed by atoms with Gasteiger partial charge < -0.3 is 10.3 Å². The molecule has 68 valence electrons. The first-order valence-corrected chi connectivity index (χ1v) is 3.82. The van der Waals surface area contributed by atoms with Crippen LogP contribution in [0.3, 0.4) is 0 Å². The Morgan fingerprint density at radius 1 is 1.62 bits per heavy atom. The van der Waals surface area contributed by atoms with Crippen LogP contribution in [0.2, 0.25) is 0 Å². The maximum atomic E-state index is 5.40. The number of rotatable bonds is 2. The molecule has 2 heterocycles. The molecule has 0 atom stereocenters. The van der Waals surface area contributed by atoms with Crippen LogP contribution in [0.15, 0.2) is 16.8 Å². The number of hydrogen-bond acceptors (Lipinski definition) is 5. The van der Waals surface area contributed by atoms with Crippen LogP contribution >= 0.6 is 0 Å². The van der Waals surface area contributed by atoms with Crippen LogP contribution in [0.4, 0.5) is 5.82 Å². The number of nitrogen functional groups attached to an aromatic ring is 1. The van der Waals surface area contributed by atoms with E-state index in [2.05, 4.69) is 15.5 Å². The fourth-order valence-electron chi connectivity index (χ4n) is 1.04. The molecule has 0 unspecified atom stereocenters. The lowest BCUT2D eigenvalue weighted by atomic mass is 10.4. The highest BCUT2D eigenvalue weighted by molar-refractivity contribution is 5.20. The molecule has 0 aliphatic rings. The van der Waals surface area contributed by atoms with E-state index in [1.165, 1.54) is 0 Å². The van der Waals surface area contributed by atoms with E-state index in [4.69, 9.17) is 10.3 Å². The molecule has 0 saturated heterocycles. The van der Waals surface area contributed by atoms with Crippen LogP contribution in [0, 0.1) is 6.92 Å². The summed E-state index contributed by atoms with van der Waals surface area (Å²) in [5, 5.41) is 11.2. The number of anilines is 1. The van der Waals surface area contributed by atoms with E-state index in [9.17, 15) is 0 Å². The van der Waals surface area contributed by atoms with Crippen molar-refractivity contribution in [1.29, 1.82) is 0 Å². The van der Waals surface area contributed by atoms with E-state index in [0.29, 0.717) is 12.4 Å². The third-order valence-corrected chi connectivity index (χ3v) is 1.55. The van der Waals surface area contributed by atoms with Gasteiger partial charge in [0.2, 0.25) is 0 Å². The van der Waals surface area contributed by atoms with E-state index in [-0.39, 0.29) is 0 Å². The van der Waals surface area contributed by atoms with E-state index >= 15 is 0 Å².